The summed E-state index contributed by atoms with van der Waals surface area (Å²) in [6, 6.07) is 18.6. The molecule has 4 rings (SSSR count). The Morgan fingerprint density at radius 2 is 1.67 bits per heavy atom. The molecule has 2 aromatic carbocycles. The van der Waals surface area contributed by atoms with Gasteiger partial charge in [-0.1, -0.05) is 61.2 Å². The van der Waals surface area contributed by atoms with Crippen molar-refractivity contribution in [3.8, 4) is 11.1 Å². The Morgan fingerprint density at radius 1 is 0.958 bits per heavy atom. The standard InChI is InChI=1S/C21H22O3/c1-16(20-15-22-21(24-23-20)13-7-8-14-21)18-11-5-6-12-19(18)17-9-3-2-4-10-17/h2-6,9-12,20H,1,7-8,13-15H2. The van der Waals surface area contributed by atoms with Gasteiger partial charge in [0.1, 0.15) is 6.10 Å². The zero-order valence-electron chi connectivity index (χ0n) is 13.7. The smallest absolute Gasteiger partial charge is 0.201 e. The molecular weight excluding hydrogens is 300 g/mol. The van der Waals surface area contributed by atoms with E-state index in [2.05, 4.69) is 30.8 Å². The van der Waals surface area contributed by atoms with Gasteiger partial charge in [-0.3, -0.25) is 0 Å². The van der Waals surface area contributed by atoms with Crippen LogP contribution in [-0.4, -0.2) is 18.5 Å². The second-order valence-corrected chi connectivity index (χ2v) is 6.53. The number of hydrogen-bond acceptors (Lipinski definition) is 3. The molecule has 1 saturated heterocycles. The Morgan fingerprint density at radius 3 is 2.38 bits per heavy atom. The highest BCUT2D eigenvalue weighted by Gasteiger charge is 2.42. The van der Waals surface area contributed by atoms with E-state index in [-0.39, 0.29) is 6.10 Å². The van der Waals surface area contributed by atoms with Crippen molar-refractivity contribution in [2.24, 2.45) is 0 Å². The van der Waals surface area contributed by atoms with Crippen molar-refractivity contribution in [3.63, 3.8) is 0 Å². The highest BCUT2D eigenvalue weighted by molar-refractivity contribution is 5.82. The molecule has 24 heavy (non-hydrogen) atoms. The summed E-state index contributed by atoms with van der Waals surface area (Å²) in [6.45, 7) is 4.75. The van der Waals surface area contributed by atoms with E-state index < -0.39 is 5.79 Å². The molecule has 2 aromatic rings. The predicted octanol–water partition coefficient (Wildman–Crippen LogP) is 4.98. The minimum absolute atomic E-state index is 0.277. The molecule has 3 heteroatoms. The third-order valence-corrected chi connectivity index (χ3v) is 4.93. The first kappa shape index (κ1) is 15.6. The largest absolute Gasteiger partial charge is 0.344 e. The molecule has 1 atom stereocenters. The van der Waals surface area contributed by atoms with Crippen molar-refractivity contribution in [2.75, 3.05) is 6.61 Å². The fourth-order valence-corrected chi connectivity index (χ4v) is 3.53. The molecule has 1 saturated carbocycles. The lowest BCUT2D eigenvalue weighted by molar-refractivity contribution is -0.475. The summed E-state index contributed by atoms with van der Waals surface area (Å²) in [5, 5.41) is 0. The van der Waals surface area contributed by atoms with Crippen LogP contribution in [-0.2, 0) is 14.5 Å². The van der Waals surface area contributed by atoms with Gasteiger partial charge in [0.2, 0.25) is 5.79 Å². The highest BCUT2D eigenvalue weighted by atomic mass is 17.2. The number of rotatable bonds is 3. The van der Waals surface area contributed by atoms with Crippen molar-refractivity contribution >= 4 is 5.57 Å². The van der Waals surface area contributed by atoms with Gasteiger partial charge in [0.15, 0.2) is 0 Å². The second kappa shape index (κ2) is 6.52. The lowest BCUT2D eigenvalue weighted by Gasteiger charge is -2.36. The van der Waals surface area contributed by atoms with Gasteiger partial charge in [0, 0.05) is 12.8 Å². The molecule has 0 aromatic heterocycles. The lowest BCUT2D eigenvalue weighted by atomic mass is 9.93. The lowest BCUT2D eigenvalue weighted by Crippen LogP contribution is -2.43. The fourth-order valence-electron chi connectivity index (χ4n) is 3.53. The maximum Gasteiger partial charge on any atom is 0.201 e. The number of benzene rings is 2. The van der Waals surface area contributed by atoms with E-state index in [0.29, 0.717) is 6.61 Å². The third kappa shape index (κ3) is 2.91. The Bertz CT molecular complexity index is 707. The monoisotopic (exact) mass is 322 g/mol. The minimum atomic E-state index is -0.518. The first-order chi connectivity index (χ1) is 11.8. The summed E-state index contributed by atoms with van der Waals surface area (Å²) < 4.78 is 6.02. The average molecular weight is 322 g/mol. The molecule has 1 aliphatic carbocycles. The summed E-state index contributed by atoms with van der Waals surface area (Å²) in [4.78, 5) is 11.3. The Kier molecular flexibility index (Phi) is 4.23. The van der Waals surface area contributed by atoms with Crippen molar-refractivity contribution in [1.82, 2.24) is 0 Å². The van der Waals surface area contributed by atoms with Crippen LogP contribution in [0, 0.1) is 0 Å². The topological polar surface area (TPSA) is 27.7 Å². The van der Waals surface area contributed by atoms with Crippen LogP contribution in [0.5, 0.6) is 0 Å². The normalized spacial score (nSPS) is 22.6. The van der Waals surface area contributed by atoms with Gasteiger partial charge in [0.25, 0.3) is 0 Å². The van der Waals surface area contributed by atoms with Crippen LogP contribution in [0.4, 0.5) is 0 Å². The fraction of sp³-hybridized carbons (Fsp3) is 0.333. The molecule has 124 valence electrons. The maximum atomic E-state index is 6.02. The molecule has 0 amide bonds. The van der Waals surface area contributed by atoms with E-state index in [1.807, 2.05) is 30.3 Å². The van der Waals surface area contributed by atoms with Gasteiger partial charge in [-0.05, 0) is 35.1 Å². The van der Waals surface area contributed by atoms with E-state index in [1.165, 1.54) is 5.56 Å². The van der Waals surface area contributed by atoms with Gasteiger partial charge < -0.3 is 4.74 Å². The molecule has 0 radical (unpaired) electrons. The van der Waals surface area contributed by atoms with Crippen LogP contribution in [0.25, 0.3) is 16.7 Å². The van der Waals surface area contributed by atoms with Crippen molar-refractivity contribution in [3.05, 3.63) is 66.7 Å². The SMILES string of the molecule is C=C(c1ccccc1-c1ccccc1)C1COC2(CCCC2)OO1. The third-order valence-electron chi connectivity index (χ3n) is 4.93. The van der Waals surface area contributed by atoms with E-state index in [9.17, 15) is 0 Å². The summed E-state index contributed by atoms with van der Waals surface area (Å²) in [6.07, 6.45) is 3.80. The molecule has 1 unspecified atom stereocenters. The first-order valence-electron chi connectivity index (χ1n) is 8.59. The second-order valence-electron chi connectivity index (χ2n) is 6.53. The quantitative estimate of drug-likeness (QED) is 0.746. The zero-order valence-corrected chi connectivity index (χ0v) is 13.7. The predicted molar refractivity (Wildman–Crippen MR) is 94.0 cm³/mol. The Labute approximate surface area is 142 Å². The average Bonchev–Trinajstić information content (AvgIpc) is 3.10. The number of hydrogen-bond donors (Lipinski definition) is 0. The van der Waals surface area contributed by atoms with Gasteiger partial charge >= 0.3 is 0 Å². The molecule has 1 spiro atoms. The summed E-state index contributed by atoms with van der Waals surface area (Å²) in [7, 11) is 0. The van der Waals surface area contributed by atoms with Gasteiger partial charge in [0.05, 0.1) is 6.61 Å². The molecular formula is C21H22O3. The molecule has 1 aliphatic heterocycles. The molecule has 0 bridgehead atoms. The molecule has 0 N–H and O–H groups in total. The summed E-state index contributed by atoms with van der Waals surface area (Å²) >= 11 is 0. The van der Waals surface area contributed by atoms with Crippen molar-refractivity contribution in [2.45, 2.75) is 37.6 Å². The Balaban J connectivity index is 1.55. The van der Waals surface area contributed by atoms with Gasteiger partial charge in [-0.2, -0.15) is 0 Å². The molecule has 2 fully saturated rings. The number of ether oxygens (including phenoxy) is 1. The van der Waals surface area contributed by atoms with Crippen LogP contribution in [0.1, 0.15) is 31.2 Å². The summed E-state index contributed by atoms with van der Waals surface area (Å²) in [5.74, 6) is -0.518. The first-order valence-corrected chi connectivity index (χ1v) is 8.59. The van der Waals surface area contributed by atoms with E-state index >= 15 is 0 Å². The molecule has 1 heterocycles. The van der Waals surface area contributed by atoms with Crippen LogP contribution in [0.15, 0.2) is 61.2 Å². The van der Waals surface area contributed by atoms with Crippen molar-refractivity contribution < 1.29 is 14.5 Å². The van der Waals surface area contributed by atoms with Crippen LogP contribution in [0.2, 0.25) is 0 Å². The van der Waals surface area contributed by atoms with Crippen LogP contribution < -0.4 is 0 Å². The highest BCUT2D eigenvalue weighted by Crippen LogP contribution is 2.40. The Hall–Kier alpha value is -1.94. The van der Waals surface area contributed by atoms with Crippen LogP contribution in [0.3, 0.4) is 0 Å². The minimum Gasteiger partial charge on any atom is -0.344 e. The molecule has 3 nitrogen and oxygen atoms in total. The van der Waals surface area contributed by atoms with E-state index in [4.69, 9.17) is 14.5 Å². The van der Waals surface area contributed by atoms with E-state index in [1.54, 1.807) is 0 Å². The van der Waals surface area contributed by atoms with Crippen LogP contribution >= 0.6 is 0 Å². The summed E-state index contributed by atoms with van der Waals surface area (Å²) in [5.41, 5.74) is 4.28. The van der Waals surface area contributed by atoms with Gasteiger partial charge in [-0.25, -0.2) is 9.78 Å². The zero-order chi connectivity index (χ0) is 16.4. The van der Waals surface area contributed by atoms with Gasteiger partial charge in [-0.15, -0.1) is 0 Å². The maximum absolute atomic E-state index is 6.02. The van der Waals surface area contributed by atoms with E-state index in [0.717, 1.165) is 42.4 Å². The van der Waals surface area contributed by atoms with Crippen molar-refractivity contribution in [1.29, 1.82) is 0 Å². The molecule has 2 aliphatic rings.